The summed E-state index contributed by atoms with van der Waals surface area (Å²) in [6.45, 7) is 1.51. The summed E-state index contributed by atoms with van der Waals surface area (Å²) < 4.78 is 14.5. The second-order valence-corrected chi connectivity index (χ2v) is 3.55. The Morgan fingerprint density at radius 1 is 1.50 bits per heavy atom. The van der Waals surface area contributed by atoms with E-state index in [0.29, 0.717) is 6.29 Å². The van der Waals surface area contributed by atoms with Crippen molar-refractivity contribution in [1.82, 2.24) is 14.8 Å². The molecule has 0 unspecified atom stereocenters. The molecule has 0 amide bonds. The number of carbonyl (C=O) groups is 2. The Morgan fingerprint density at radius 2 is 2.22 bits per heavy atom. The average Bonchev–Trinajstić information content (AvgIpc) is 2.71. The van der Waals surface area contributed by atoms with Gasteiger partial charge in [-0.25, -0.2) is 13.9 Å². The first-order valence-corrected chi connectivity index (χ1v) is 4.93. The van der Waals surface area contributed by atoms with E-state index in [-0.39, 0.29) is 22.5 Å². The predicted molar refractivity (Wildman–Crippen MR) is 58.4 cm³/mol. The number of pyridine rings is 1. The highest BCUT2D eigenvalue weighted by molar-refractivity contribution is 5.89. The lowest BCUT2D eigenvalue weighted by atomic mass is 10.2. The SMILES string of the molecule is Cc1nn(-c2cncc(F)c2C=O)cc1C(=O)O. The van der Waals surface area contributed by atoms with Gasteiger partial charge in [0.25, 0.3) is 0 Å². The lowest BCUT2D eigenvalue weighted by molar-refractivity contribution is 0.0696. The Labute approximate surface area is 101 Å². The van der Waals surface area contributed by atoms with Crippen LogP contribution in [0.15, 0.2) is 18.6 Å². The molecular weight excluding hydrogens is 241 g/mol. The van der Waals surface area contributed by atoms with E-state index in [2.05, 4.69) is 10.1 Å². The molecule has 0 saturated carbocycles. The zero-order chi connectivity index (χ0) is 13.3. The third-order valence-corrected chi connectivity index (χ3v) is 2.41. The third kappa shape index (κ3) is 1.86. The summed E-state index contributed by atoms with van der Waals surface area (Å²) in [6.07, 6.45) is 3.69. The molecular formula is C11H8FN3O3. The maximum absolute atomic E-state index is 13.4. The van der Waals surface area contributed by atoms with E-state index in [1.807, 2.05) is 0 Å². The molecule has 0 fully saturated rings. The number of hydrogen-bond donors (Lipinski definition) is 1. The summed E-state index contributed by atoms with van der Waals surface area (Å²) in [5, 5.41) is 12.8. The van der Waals surface area contributed by atoms with Crippen LogP contribution in [0.1, 0.15) is 26.4 Å². The number of nitrogens with zero attached hydrogens (tertiary/aromatic N) is 3. The van der Waals surface area contributed by atoms with Gasteiger partial charge < -0.3 is 5.11 Å². The number of aromatic carboxylic acids is 1. The molecule has 0 saturated heterocycles. The average molecular weight is 249 g/mol. The van der Waals surface area contributed by atoms with E-state index in [4.69, 9.17) is 5.11 Å². The maximum atomic E-state index is 13.4. The van der Waals surface area contributed by atoms with E-state index in [0.717, 1.165) is 10.9 Å². The molecule has 0 aromatic carbocycles. The molecule has 2 aromatic rings. The summed E-state index contributed by atoms with van der Waals surface area (Å²) in [4.78, 5) is 25.3. The summed E-state index contributed by atoms with van der Waals surface area (Å²) in [5.74, 6) is -1.93. The summed E-state index contributed by atoms with van der Waals surface area (Å²) >= 11 is 0. The van der Waals surface area contributed by atoms with E-state index in [9.17, 15) is 14.0 Å². The van der Waals surface area contributed by atoms with E-state index >= 15 is 0 Å². The second kappa shape index (κ2) is 4.36. The van der Waals surface area contributed by atoms with Crippen LogP contribution < -0.4 is 0 Å². The zero-order valence-electron chi connectivity index (χ0n) is 9.29. The number of carbonyl (C=O) groups excluding carboxylic acids is 1. The predicted octanol–water partition coefficient (Wildman–Crippen LogP) is 1.23. The minimum atomic E-state index is -1.14. The zero-order valence-corrected chi connectivity index (χ0v) is 9.29. The second-order valence-electron chi connectivity index (χ2n) is 3.55. The van der Waals surface area contributed by atoms with Crippen molar-refractivity contribution in [2.45, 2.75) is 6.92 Å². The largest absolute Gasteiger partial charge is 0.478 e. The quantitative estimate of drug-likeness (QED) is 0.827. The van der Waals surface area contributed by atoms with Gasteiger partial charge in [-0.2, -0.15) is 5.10 Å². The van der Waals surface area contributed by atoms with Crippen molar-refractivity contribution in [2.24, 2.45) is 0 Å². The molecule has 0 radical (unpaired) electrons. The fourth-order valence-electron chi connectivity index (χ4n) is 1.53. The first-order chi connectivity index (χ1) is 8.54. The molecule has 7 heteroatoms. The summed E-state index contributed by atoms with van der Waals surface area (Å²) in [7, 11) is 0. The molecule has 0 atom stereocenters. The minimum absolute atomic E-state index is 0.0175. The smallest absolute Gasteiger partial charge is 0.339 e. The fraction of sp³-hybridized carbons (Fsp3) is 0.0909. The van der Waals surface area contributed by atoms with Gasteiger partial charge in [0, 0.05) is 6.20 Å². The van der Waals surface area contributed by atoms with Crippen LogP contribution in [-0.4, -0.2) is 32.1 Å². The van der Waals surface area contributed by atoms with Gasteiger partial charge in [0.1, 0.15) is 5.56 Å². The standard InChI is InChI=1S/C11H8FN3O3/c1-6-7(11(17)18)4-15(14-6)10-3-13-2-9(12)8(10)5-16/h2-5H,1H3,(H,17,18). The van der Waals surface area contributed by atoms with Crippen LogP contribution in [-0.2, 0) is 0 Å². The number of hydrogen-bond acceptors (Lipinski definition) is 4. The fourth-order valence-corrected chi connectivity index (χ4v) is 1.53. The van der Waals surface area contributed by atoms with Crippen molar-refractivity contribution < 1.29 is 19.1 Å². The van der Waals surface area contributed by atoms with Crippen molar-refractivity contribution in [2.75, 3.05) is 0 Å². The van der Waals surface area contributed by atoms with Crippen molar-refractivity contribution >= 4 is 12.3 Å². The number of aromatic nitrogens is 3. The van der Waals surface area contributed by atoms with Gasteiger partial charge in [-0.15, -0.1) is 0 Å². The van der Waals surface area contributed by atoms with Gasteiger partial charge in [0.15, 0.2) is 12.1 Å². The monoisotopic (exact) mass is 249 g/mol. The Kier molecular flexibility index (Phi) is 2.88. The normalized spacial score (nSPS) is 10.3. The number of carboxylic acids is 1. The Morgan fingerprint density at radius 3 is 2.78 bits per heavy atom. The van der Waals surface area contributed by atoms with Crippen molar-refractivity contribution in [1.29, 1.82) is 0 Å². The van der Waals surface area contributed by atoms with Crippen LogP contribution in [0.25, 0.3) is 5.69 Å². The molecule has 2 aromatic heterocycles. The van der Waals surface area contributed by atoms with Gasteiger partial charge in [-0.3, -0.25) is 9.78 Å². The van der Waals surface area contributed by atoms with Crippen molar-refractivity contribution in [3.8, 4) is 5.69 Å². The molecule has 2 heterocycles. The lowest BCUT2D eigenvalue weighted by Crippen LogP contribution is -2.03. The van der Waals surface area contributed by atoms with E-state index in [1.54, 1.807) is 0 Å². The number of carboxylic acid groups (broad SMARTS) is 1. The molecule has 1 N–H and O–H groups in total. The number of aryl methyl sites for hydroxylation is 1. The van der Waals surface area contributed by atoms with Crippen molar-refractivity contribution in [3.63, 3.8) is 0 Å². The number of aldehydes is 1. The first-order valence-electron chi connectivity index (χ1n) is 4.93. The first kappa shape index (κ1) is 11.9. The van der Waals surface area contributed by atoms with Gasteiger partial charge >= 0.3 is 5.97 Å². The van der Waals surface area contributed by atoms with Gasteiger partial charge in [0.05, 0.1) is 29.3 Å². The molecule has 0 aliphatic carbocycles. The Bertz CT molecular complexity index is 636. The molecule has 92 valence electrons. The molecule has 0 aliphatic rings. The van der Waals surface area contributed by atoms with Crippen LogP contribution in [0.4, 0.5) is 4.39 Å². The molecule has 0 aliphatic heterocycles. The maximum Gasteiger partial charge on any atom is 0.339 e. The molecule has 0 spiro atoms. The third-order valence-electron chi connectivity index (χ3n) is 2.41. The number of halogens is 1. The van der Waals surface area contributed by atoms with Crippen LogP contribution in [0.2, 0.25) is 0 Å². The Balaban J connectivity index is 2.62. The van der Waals surface area contributed by atoms with Gasteiger partial charge in [0.2, 0.25) is 0 Å². The highest BCUT2D eigenvalue weighted by atomic mass is 19.1. The van der Waals surface area contributed by atoms with E-state index < -0.39 is 11.8 Å². The highest BCUT2D eigenvalue weighted by Gasteiger charge is 2.16. The van der Waals surface area contributed by atoms with E-state index in [1.165, 1.54) is 19.3 Å². The number of rotatable bonds is 3. The van der Waals surface area contributed by atoms with Crippen LogP contribution in [0.5, 0.6) is 0 Å². The molecule has 18 heavy (non-hydrogen) atoms. The molecule has 6 nitrogen and oxygen atoms in total. The summed E-state index contributed by atoms with van der Waals surface area (Å²) in [6, 6.07) is 0. The van der Waals surface area contributed by atoms with Crippen LogP contribution in [0.3, 0.4) is 0 Å². The lowest BCUT2D eigenvalue weighted by Gasteiger charge is -2.04. The summed E-state index contributed by atoms with van der Waals surface area (Å²) in [5.41, 5.74) is 0.129. The molecule has 2 rings (SSSR count). The topological polar surface area (TPSA) is 85.1 Å². The molecule has 0 bridgehead atoms. The Hall–Kier alpha value is -2.57. The van der Waals surface area contributed by atoms with Crippen LogP contribution in [0, 0.1) is 12.7 Å². The van der Waals surface area contributed by atoms with Gasteiger partial charge in [-0.05, 0) is 6.92 Å². The van der Waals surface area contributed by atoms with Crippen molar-refractivity contribution in [3.05, 3.63) is 41.2 Å². The van der Waals surface area contributed by atoms with Crippen LogP contribution >= 0.6 is 0 Å². The van der Waals surface area contributed by atoms with Gasteiger partial charge in [-0.1, -0.05) is 0 Å². The minimum Gasteiger partial charge on any atom is -0.478 e. The highest BCUT2D eigenvalue weighted by Crippen LogP contribution is 2.16.